The molecule has 1 aliphatic heterocycles. The Bertz CT molecular complexity index is 769. The molecule has 0 amide bonds. The van der Waals surface area contributed by atoms with E-state index in [0.717, 1.165) is 16.5 Å². The van der Waals surface area contributed by atoms with Crippen molar-refractivity contribution in [2.75, 3.05) is 16.8 Å². The maximum atomic E-state index is 11.4. The molecule has 1 atom stereocenters. The smallest absolute Gasteiger partial charge is 0.173 e. The lowest BCUT2D eigenvalue weighted by molar-refractivity contribution is 0.605. The molecule has 0 radical (unpaired) electrons. The quantitative estimate of drug-likeness (QED) is 0.812. The number of hydrogen-bond acceptors (Lipinski definition) is 5. The highest BCUT2D eigenvalue weighted by atomic mass is 32.2. The van der Waals surface area contributed by atoms with Gasteiger partial charge in [0.25, 0.3) is 0 Å². The summed E-state index contributed by atoms with van der Waals surface area (Å²) in [5.41, 5.74) is 7.41. The molecule has 6 heteroatoms. The molecule has 1 aromatic carbocycles. The summed E-state index contributed by atoms with van der Waals surface area (Å²) in [7, 11) is -3.06. The molecule has 19 heavy (non-hydrogen) atoms. The maximum Gasteiger partial charge on any atom is 0.173 e. The Morgan fingerprint density at radius 2 is 2.11 bits per heavy atom. The maximum absolute atomic E-state index is 11.4. The zero-order valence-electron chi connectivity index (χ0n) is 10.1. The highest BCUT2D eigenvalue weighted by Gasteiger charge is 2.21. The van der Waals surface area contributed by atoms with Gasteiger partial charge in [-0.2, -0.15) is 0 Å². The van der Waals surface area contributed by atoms with Crippen LogP contribution >= 0.6 is 0 Å². The van der Waals surface area contributed by atoms with Crippen molar-refractivity contribution >= 4 is 32.0 Å². The molecule has 0 fully saturated rings. The molecule has 0 saturated heterocycles. The van der Waals surface area contributed by atoms with Crippen LogP contribution in [0.15, 0.2) is 42.1 Å². The van der Waals surface area contributed by atoms with E-state index in [1.165, 1.54) is 5.41 Å². The Kier molecular flexibility index (Phi) is 2.67. The number of nitrogens with two attached hydrogens (primary N) is 1. The second-order valence-electron chi connectivity index (χ2n) is 4.53. The van der Waals surface area contributed by atoms with E-state index in [1.807, 2.05) is 12.1 Å². The van der Waals surface area contributed by atoms with Crippen LogP contribution in [0.4, 0.5) is 11.4 Å². The molecule has 98 valence electrons. The Morgan fingerprint density at radius 3 is 2.84 bits per heavy atom. The van der Waals surface area contributed by atoms with Crippen molar-refractivity contribution < 1.29 is 8.42 Å². The predicted octanol–water partition coefficient (Wildman–Crippen LogP) is 1.54. The minimum Gasteiger partial charge on any atom is -0.398 e. The molecule has 5 nitrogen and oxygen atoms in total. The summed E-state index contributed by atoms with van der Waals surface area (Å²) in [4.78, 5) is 4.05. The Morgan fingerprint density at radius 1 is 1.26 bits per heavy atom. The number of nitrogen functional groups attached to an aromatic ring is 1. The van der Waals surface area contributed by atoms with E-state index in [-0.39, 0.29) is 11.8 Å². The molecule has 1 aliphatic rings. The first-order valence-corrected chi connectivity index (χ1v) is 7.56. The van der Waals surface area contributed by atoms with Gasteiger partial charge in [-0.3, -0.25) is 4.98 Å². The normalized spacial score (nSPS) is 20.7. The van der Waals surface area contributed by atoms with Crippen LogP contribution in [0.25, 0.3) is 10.8 Å². The number of aromatic nitrogens is 1. The second-order valence-corrected chi connectivity index (χ2v) is 6.46. The van der Waals surface area contributed by atoms with E-state index in [0.29, 0.717) is 5.69 Å². The fourth-order valence-corrected chi connectivity index (χ4v) is 3.44. The number of nitrogens with one attached hydrogen (secondary N) is 1. The third-order valence-corrected chi connectivity index (χ3v) is 4.52. The van der Waals surface area contributed by atoms with Crippen LogP contribution in [0.2, 0.25) is 0 Å². The summed E-state index contributed by atoms with van der Waals surface area (Å²) in [6.45, 7) is 0. The minimum absolute atomic E-state index is 0.0873. The van der Waals surface area contributed by atoms with Gasteiger partial charge in [-0.05, 0) is 18.2 Å². The van der Waals surface area contributed by atoms with E-state index in [2.05, 4.69) is 10.3 Å². The Hall–Kier alpha value is -2.08. The third-order valence-electron chi connectivity index (χ3n) is 3.12. The molecular weight excluding hydrogens is 262 g/mol. The van der Waals surface area contributed by atoms with Gasteiger partial charge in [0.1, 0.15) is 0 Å². The summed E-state index contributed by atoms with van der Waals surface area (Å²) in [6.07, 6.45) is 5.06. The van der Waals surface area contributed by atoms with Gasteiger partial charge in [0.15, 0.2) is 9.84 Å². The molecule has 0 saturated carbocycles. The molecule has 1 unspecified atom stereocenters. The van der Waals surface area contributed by atoms with Crippen LogP contribution in [0.1, 0.15) is 0 Å². The Labute approximate surface area is 111 Å². The second kappa shape index (κ2) is 4.24. The average Bonchev–Trinajstić information content (AvgIpc) is 2.73. The van der Waals surface area contributed by atoms with E-state index in [9.17, 15) is 8.42 Å². The number of fused-ring (bicyclic) bond motifs is 1. The number of hydrogen-bond donors (Lipinski definition) is 2. The van der Waals surface area contributed by atoms with Crippen LogP contribution in [-0.2, 0) is 9.84 Å². The summed E-state index contributed by atoms with van der Waals surface area (Å²) >= 11 is 0. The first-order chi connectivity index (χ1) is 9.05. The van der Waals surface area contributed by atoms with Gasteiger partial charge in [0.05, 0.1) is 11.8 Å². The van der Waals surface area contributed by atoms with Gasteiger partial charge in [-0.1, -0.05) is 6.08 Å². The molecule has 0 spiro atoms. The molecule has 2 heterocycles. The van der Waals surface area contributed by atoms with Gasteiger partial charge in [0.2, 0.25) is 0 Å². The first kappa shape index (κ1) is 12.0. The SMILES string of the molecule is Nc1ccc(NC2C=CS(=O)(=O)C2)c2ccncc12. The first-order valence-electron chi connectivity index (χ1n) is 5.85. The minimum atomic E-state index is -3.06. The number of benzene rings is 1. The lowest BCUT2D eigenvalue weighted by atomic mass is 10.1. The van der Waals surface area contributed by atoms with Crippen molar-refractivity contribution in [1.82, 2.24) is 4.98 Å². The average molecular weight is 275 g/mol. The lowest BCUT2D eigenvalue weighted by Crippen LogP contribution is -2.21. The van der Waals surface area contributed by atoms with Crippen LogP contribution < -0.4 is 11.1 Å². The van der Waals surface area contributed by atoms with Crippen LogP contribution in [0, 0.1) is 0 Å². The van der Waals surface area contributed by atoms with Gasteiger partial charge in [0, 0.05) is 39.9 Å². The van der Waals surface area contributed by atoms with Crippen LogP contribution in [-0.4, -0.2) is 25.2 Å². The standard InChI is InChI=1S/C13H13N3O2S/c14-12-1-2-13(10-3-5-15-7-11(10)12)16-9-4-6-19(17,18)8-9/h1-7,9,16H,8,14H2. The summed E-state index contributed by atoms with van der Waals surface area (Å²) in [5.74, 6) is 0.0873. The van der Waals surface area contributed by atoms with E-state index < -0.39 is 9.84 Å². The number of anilines is 2. The largest absolute Gasteiger partial charge is 0.398 e. The predicted molar refractivity (Wildman–Crippen MR) is 76.5 cm³/mol. The van der Waals surface area contributed by atoms with Crippen molar-refractivity contribution in [1.29, 1.82) is 0 Å². The van der Waals surface area contributed by atoms with Crippen LogP contribution in [0.3, 0.4) is 0 Å². The molecule has 1 aromatic heterocycles. The van der Waals surface area contributed by atoms with Gasteiger partial charge in [-0.15, -0.1) is 0 Å². The fraction of sp³-hybridized carbons (Fsp3) is 0.154. The van der Waals surface area contributed by atoms with E-state index >= 15 is 0 Å². The van der Waals surface area contributed by atoms with Crippen molar-refractivity contribution in [2.45, 2.75) is 6.04 Å². The summed E-state index contributed by atoms with van der Waals surface area (Å²) in [6, 6.07) is 5.31. The van der Waals surface area contributed by atoms with Crippen molar-refractivity contribution in [3.8, 4) is 0 Å². The van der Waals surface area contributed by atoms with Crippen molar-refractivity contribution in [3.05, 3.63) is 42.1 Å². The number of rotatable bonds is 2. The summed E-state index contributed by atoms with van der Waals surface area (Å²) in [5, 5.41) is 6.27. The van der Waals surface area contributed by atoms with Gasteiger partial charge < -0.3 is 11.1 Å². The molecular formula is C13H13N3O2S. The Balaban J connectivity index is 1.99. The van der Waals surface area contributed by atoms with Gasteiger partial charge in [-0.25, -0.2) is 8.42 Å². The molecule has 3 N–H and O–H groups in total. The molecule has 3 rings (SSSR count). The number of nitrogens with zero attached hydrogens (tertiary/aromatic N) is 1. The highest BCUT2D eigenvalue weighted by Crippen LogP contribution is 2.28. The lowest BCUT2D eigenvalue weighted by Gasteiger charge is -2.14. The van der Waals surface area contributed by atoms with E-state index in [4.69, 9.17) is 5.73 Å². The zero-order chi connectivity index (χ0) is 13.5. The zero-order valence-corrected chi connectivity index (χ0v) is 10.9. The van der Waals surface area contributed by atoms with E-state index in [1.54, 1.807) is 24.5 Å². The molecule has 0 aliphatic carbocycles. The van der Waals surface area contributed by atoms with Crippen molar-refractivity contribution in [3.63, 3.8) is 0 Å². The monoisotopic (exact) mass is 275 g/mol. The van der Waals surface area contributed by atoms with Gasteiger partial charge >= 0.3 is 0 Å². The topological polar surface area (TPSA) is 85.1 Å². The fourth-order valence-electron chi connectivity index (χ4n) is 2.20. The molecule has 0 bridgehead atoms. The third kappa shape index (κ3) is 2.26. The number of pyridine rings is 1. The number of sulfone groups is 1. The molecule has 2 aromatic rings. The van der Waals surface area contributed by atoms with Crippen molar-refractivity contribution in [2.24, 2.45) is 0 Å². The summed E-state index contributed by atoms with van der Waals surface area (Å²) < 4.78 is 22.8. The highest BCUT2D eigenvalue weighted by molar-refractivity contribution is 7.94. The van der Waals surface area contributed by atoms with Crippen LogP contribution in [0.5, 0.6) is 0 Å².